The van der Waals surface area contributed by atoms with E-state index in [2.05, 4.69) is 5.32 Å². The molecular formula is C20H16ClFN2O3S. The Morgan fingerprint density at radius 3 is 2.29 bits per heavy atom. The van der Waals surface area contributed by atoms with Crippen LogP contribution in [-0.4, -0.2) is 20.9 Å². The highest BCUT2D eigenvalue weighted by molar-refractivity contribution is 7.92. The molecule has 1 amide bonds. The van der Waals surface area contributed by atoms with E-state index in [0.717, 1.165) is 10.4 Å². The summed E-state index contributed by atoms with van der Waals surface area (Å²) < 4.78 is 40.6. The van der Waals surface area contributed by atoms with Gasteiger partial charge in [0.25, 0.3) is 10.0 Å². The molecule has 0 aliphatic heterocycles. The molecule has 0 radical (unpaired) electrons. The van der Waals surface area contributed by atoms with Crippen molar-refractivity contribution in [3.8, 4) is 0 Å². The summed E-state index contributed by atoms with van der Waals surface area (Å²) >= 11 is 5.84. The molecule has 0 atom stereocenters. The van der Waals surface area contributed by atoms with E-state index in [1.807, 2.05) is 0 Å². The van der Waals surface area contributed by atoms with Crippen LogP contribution < -0.4 is 9.62 Å². The van der Waals surface area contributed by atoms with Crippen LogP contribution >= 0.6 is 11.6 Å². The number of halogens is 2. The number of benzene rings is 3. The standard InChI is InChI=1S/C20H16ClFN2O3S/c21-15-9-11-19(12-10-15)28(26,27)24(18-7-2-1-3-8-18)14-20(25)23-17-6-4-5-16(22)13-17/h1-13H,14H2,(H,23,25). The topological polar surface area (TPSA) is 66.5 Å². The second-order valence-electron chi connectivity index (χ2n) is 5.86. The van der Waals surface area contributed by atoms with Gasteiger partial charge in [-0.25, -0.2) is 12.8 Å². The number of carbonyl (C=O) groups excluding carboxylic acids is 1. The maximum absolute atomic E-state index is 13.3. The minimum absolute atomic E-state index is 0.000640. The number of para-hydroxylation sites is 1. The highest BCUT2D eigenvalue weighted by Crippen LogP contribution is 2.24. The predicted molar refractivity (Wildman–Crippen MR) is 107 cm³/mol. The summed E-state index contributed by atoms with van der Waals surface area (Å²) in [5.41, 5.74) is 0.564. The molecule has 8 heteroatoms. The van der Waals surface area contributed by atoms with E-state index in [0.29, 0.717) is 10.7 Å². The van der Waals surface area contributed by atoms with Crippen molar-refractivity contribution in [2.45, 2.75) is 4.90 Å². The number of anilines is 2. The summed E-state index contributed by atoms with van der Waals surface area (Å²) in [4.78, 5) is 12.5. The molecule has 0 bridgehead atoms. The third-order valence-electron chi connectivity index (χ3n) is 3.84. The van der Waals surface area contributed by atoms with Gasteiger partial charge >= 0.3 is 0 Å². The van der Waals surface area contributed by atoms with Gasteiger partial charge in [0.2, 0.25) is 5.91 Å². The van der Waals surface area contributed by atoms with Gasteiger partial charge in [0, 0.05) is 10.7 Å². The molecule has 3 aromatic carbocycles. The summed E-state index contributed by atoms with van der Waals surface area (Å²) in [5, 5.41) is 2.91. The Bertz CT molecular complexity index is 1070. The lowest BCUT2D eigenvalue weighted by molar-refractivity contribution is -0.114. The van der Waals surface area contributed by atoms with E-state index < -0.39 is 28.3 Å². The zero-order chi connectivity index (χ0) is 20.1. The van der Waals surface area contributed by atoms with E-state index in [9.17, 15) is 17.6 Å². The van der Waals surface area contributed by atoms with Crippen LogP contribution in [0.5, 0.6) is 0 Å². The fourth-order valence-electron chi connectivity index (χ4n) is 2.54. The lowest BCUT2D eigenvalue weighted by Crippen LogP contribution is -2.38. The van der Waals surface area contributed by atoms with Crippen molar-refractivity contribution in [3.63, 3.8) is 0 Å². The van der Waals surface area contributed by atoms with Gasteiger partial charge in [-0.2, -0.15) is 0 Å². The second-order valence-corrected chi connectivity index (χ2v) is 8.16. The van der Waals surface area contributed by atoms with Crippen molar-refractivity contribution in [3.05, 3.63) is 89.7 Å². The Balaban J connectivity index is 1.91. The molecule has 144 valence electrons. The molecular weight excluding hydrogens is 403 g/mol. The van der Waals surface area contributed by atoms with Crippen LogP contribution in [0.25, 0.3) is 0 Å². The molecule has 3 rings (SSSR count). The molecule has 0 heterocycles. The monoisotopic (exact) mass is 418 g/mol. The summed E-state index contributed by atoms with van der Waals surface area (Å²) in [6, 6.07) is 19.3. The third kappa shape index (κ3) is 4.68. The van der Waals surface area contributed by atoms with Crippen molar-refractivity contribution >= 4 is 38.9 Å². The fraction of sp³-hybridized carbons (Fsp3) is 0.0500. The van der Waals surface area contributed by atoms with Gasteiger partial charge in [-0.15, -0.1) is 0 Å². The highest BCUT2D eigenvalue weighted by atomic mass is 35.5. The average Bonchev–Trinajstić information content (AvgIpc) is 2.67. The van der Waals surface area contributed by atoms with Crippen molar-refractivity contribution in [2.24, 2.45) is 0 Å². The van der Waals surface area contributed by atoms with E-state index in [1.54, 1.807) is 30.3 Å². The largest absolute Gasteiger partial charge is 0.324 e. The van der Waals surface area contributed by atoms with Crippen molar-refractivity contribution < 1.29 is 17.6 Å². The lowest BCUT2D eigenvalue weighted by Gasteiger charge is -2.24. The first-order chi connectivity index (χ1) is 13.4. The summed E-state index contributed by atoms with van der Waals surface area (Å²) in [7, 11) is -4.03. The molecule has 3 aromatic rings. The van der Waals surface area contributed by atoms with Gasteiger partial charge in [0.1, 0.15) is 12.4 Å². The van der Waals surface area contributed by atoms with Crippen LogP contribution in [0.3, 0.4) is 0 Å². The maximum atomic E-state index is 13.3. The number of sulfonamides is 1. The number of carbonyl (C=O) groups is 1. The van der Waals surface area contributed by atoms with E-state index in [-0.39, 0.29) is 10.6 Å². The van der Waals surface area contributed by atoms with Crippen LogP contribution in [0, 0.1) is 5.82 Å². The third-order valence-corrected chi connectivity index (χ3v) is 5.88. The molecule has 0 aliphatic carbocycles. The Kier molecular flexibility index (Phi) is 5.96. The van der Waals surface area contributed by atoms with Crippen molar-refractivity contribution in [2.75, 3.05) is 16.2 Å². The van der Waals surface area contributed by atoms with Gasteiger partial charge in [-0.3, -0.25) is 9.10 Å². The van der Waals surface area contributed by atoms with Crippen molar-refractivity contribution in [1.82, 2.24) is 0 Å². The molecule has 1 N–H and O–H groups in total. The Labute approximate surface area is 167 Å². The highest BCUT2D eigenvalue weighted by Gasteiger charge is 2.27. The van der Waals surface area contributed by atoms with Gasteiger partial charge in [0.15, 0.2) is 0 Å². The molecule has 5 nitrogen and oxygen atoms in total. The normalized spacial score (nSPS) is 11.1. The molecule has 0 unspecified atom stereocenters. The molecule has 0 fully saturated rings. The van der Waals surface area contributed by atoms with Gasteiger partial charge < -0.3 is 5.32 Å². The predicted octanol–water partition coefficient (Wildman–Crippen LogP) is 4.31. The Hall–Kier alpha value is -2.90. The van der Waals surface area contributed by atoms with Gasteiger partial charge in [-0.05, 0) is 54.6 Å². The Morgan fingerprint density at radius 1 is 0.964 bits per heavy atom. The SMILES string of the molecule is O=C(CN(c1ccccc1)S(=O)(=O)c1ccc(Cl)cc1)Nc1cccc(F)c1. The molecule has 0 saturated carbocycles. The number of hydrogen-bond acceptors (Lipinski definition) is 3. The van der Waals surface area contributed by atoms with Crippen LogP contribution in [0.4, 0.5) is 15.8 Å². The Morgan fingerprint density at radius 2 is 1.64 bits per heavy atom. The first-order valence-corrected chi connectivity index (χ1v) is 10.1. The first-order valence-electron chi connectivity index (χ1n) is 8.25. The average molecular weight is 419 g/mol. The van der Waals surface area contributed by atoms with Crippen LogP contribution in [-0.2, 0) is 14.8 Å². The summed E-state index contributed by atoms with van der Waals surface area (Å²) in [6.45, 7) is -0.481. The zero-order valence-electron chi connectivity index (χ0n) is 14.5. The maximum Gasteiger partial charge on any atom is 0.264 e. The number of rotatable bonds is 6. The fourth-order valence-corrected chi connectivity index (χ4v) is 4.09. The van der Waals surface area contributed by atoms with Crippen molar-refractivity contribution in [1.29, 1.82) is 0 Å². The zero-order valence-corrected chi connectivity index (χ0v) is 16.1. The van der Waals surface area contributed by atoms with E-state index in [4.69, 9.17) is 11.6 Å². The number of amides is 1. The quantitative estimate of drug-likeness (QED) is 0.648. The second kappa shape index (κ2) is 8.41. The van der Waals surface area contributed by atoms with Gasteiger partial charge in [-0.1, -0.05) is 35.9 Å². The van der Waals surface area contributed by atoms with Crippen LogP contribution in [0.15, 0.2) is 83.8 Å². The molecule has 0 spiro atoms. The smallest absolute Gasteiger partial charge is 0.264 e. The molecule has 0 aromatic heterocycles. The molecule has 28 heavy (non-hydrogen) atoms. The lowest BCUT2D eigenvalue weighted by atomic mass is 10.3. The minimum Gasteiger partial charge on any atom is -0.324 e. The first kappa shape index (κ1) is 19.9. The van der Waals surface area contributed by atoms with E-state index in [1.165, 1.54) is 42.5 Å². The minimum atomic E-state index is -4.03. The molecule has 0 aliphatic rings. The van der Waals surface area contributed by atoms with Crippen LogP contribution in [0.2, 0.25) is 5.02 Å². The number of hydrogen-bond donors (Lipinski definition) is 1. The number of nitrogens with zero attached hydrogens (tertiary/aromatic N) is 1. The van der Waals surface area contributed by atoms with E-state index >= 15 is 0 Å². The van der Waals surface area contributed by atoms with Crippen LogP contribution in [0.1, 0.15) is 0 Å². The molecule has 0 saturated heterocycles. The summed E-state index contributed by atoms with van der Waals surface area (Å²) in [6.07, 6.45) is 0. The summed E-state index contributed by atoms with van der Waals surface area (Å²) in [5.74, 6) is -1.11. The van der Waals surface area contributed by atoms with Gasteiger partial charge in [0.05, 0.1) is 10.6 Å². The number of nitrogens with one attached hydrogen (secondary N) is 1.